The van der Waals surface area contributed by atoms with Gasteiger partial charge in [0.15, 0.2) is 0 Å². The van der Waals surface area contributed by atoms with E-state index in [2.05, 4.69) is 21.3 Å². The van der Waals surface area contributed by atoms with Crippen molar-refractivity contribution >= 4 is 76.9 Å². The van der Waals surface area contributed by atoms with Crippen molar-refractivity contribution in [2.75, 3.05) is 62.5 Å². The number of nitrogens with zero attached hydrogens (tertiary/aromatic N) is 7. The predicted octanol–water partition coefficient (Wildman–Crippen LogP) is 4.16. The fourth-order valence-corrected chi connectivity index (χ4v) is 11.5. The number of carbonyl (C=O) groups is 13. The molecule has 0 aromatic carbocycles. The van der Waals surface area contributed by atoms with Crippen LogP contribution in [0.25, 0.3) is 0 Å². The van der Waals surface area contributed by atoms with Crippen LogP contribution >= 0.6 is 0 Å². The maximum Gasteiger partial charge on any atom is 0.306 e. The van der Waals surface area contributed by atoms with Crippen LogP contribution in [-0.4, -0.2) is 240 Å². The molecule has 1 heterocycles. The van der Waals surface area contributed by atoms with E-state index < -0.39 is 168 Å². The number of hydrogen-bond donors (Lipinski definition) is 4. The Hall–Kier alpha value is -7.15. The molecule has 0 saturated carbocycles. The summed E-state index contributed by atoms with van der Waals surface area (Å²) in [7, 11) is 9.78. The quantitative estimate of drug-likeness (QED) is 0.0983. The van der Waals surface area contributed by atoms with Gasteiger partial charge in [-0.2, -0.15) is 0 Å². The first-order valence-corrected chi connectivity index (χ1v) is 33.5. The first-order chi connectivity index (χ1) is 43.5. The van der Waals surface area contributed by atoms with Crippen LogP contribution in [0.3, 0.4) is 0 Å². The van der Waals surface area contributed by atoms with E-state index in [-0.39, 0.29) is 75.2 Å². The van der Waals surface area contributed by atoms with Gasteiger partial charge >= 0.3 is 11.9 Å². The zero-order valence-electron chi connectivity index (χ0n) is 61.4. The molecule has 0 aromatic heterocycles. The predicted molar refractivity (Wildman–Crippen MR) is 358 cm³/mol. The first kappa shape index (κ1) is 84.9. The lowest BCUT2D eigenvalue weighted by Gasteiger charge is -2.42. The maximum absolute atomic E-state index is 15.5. The molecule has 1 saturated heterocycles. The standard InChI is InChI=1S/C68H119N11O15/c1-26-48-64(88)73(19)37-53(81)74(20)49(33-38(3)4)61(85)72-55(42(11)12)67(91)75(21)50(34-39(5)6)60(84)69-45(16)59(83)70-46(17)63(87)76(22)51(35-40(7)8)65(89)77(23)52(36-41(9)10)66(90)78(24)56(43(13)14)68(92)79(25)57(62(86)71-48)58(94-47(18)80)44(15)31-29-28-30-32-54(82)93-27-2/h28-29,38-46,48-52,55-58H,26-27,30-37H2,1-25H3,(H,69,84)(H,70,83)(H,71,86)(H,72,85)/b29-28+/t44-,45+,46-,48+,49?,50+,51-,52+,55+,56+,57?,58-/m1/s1. The van der Waals surface area contributed by atoms with E-state index in [0.29, 0.717) is 6.42 Å². The molecule has 1 rings (SSSR count). The molecule has 26 nitrogen and oxygen atoms in total. The summed E-state index contributed by atoms with van der Waals surface area (Å²) in [5.74, 6) is -11.6. The highest BCUT2D eigenvalue weighted by molar-refractivity contribution is 5.99. The number of allylic oxidation sites excluding steroid dienone is 2. The van der Waals surface area contributed by atoms with Crippen LogP contribution in [-0.2, 0) is 71.8 Å². The molecule has 11 amide bonds. The van der Waals surface area contributed by atoms with E-state index in [0.717, 1.165) is 16.7 Å². The van der Waals surface area contributed by atoms with Crippen molar-refractivity contribution < 1.29 is 71.8 Å². The average Bonchev–Trinajstić information content (AvgIpc) is 0.804. The fraction of sp³-hybridized carbons (Fsp3) is 0.779. The summed E-state index contributed by atoms with van der Waals surface area (Å²) in [6, 6.07) is -12.8. The van der Waals surface area contributed by atoms with Gasteiger partial charge in [0, 0.05) is 62.7 Å². The highest BCUT2D eigenvalue weighted by Crippen LogP contribution is 2.27. The van der Waals surface area contributed by atoms with Crippen molar-refractivity contribution in [3.63, 3.8) is 0 Å². The van der Waals surface area contributed by atoms with Gasteiger partial charge in [-0.1, -0.05) is 109 Å². The van der Waals surface area contributed by atoms with Crippen molar-refractivity contribution in [3.05, 3.63) is 12.2 Å². The molecule has 536 valence electrons. The van der Waals surface area contributed by atoms with Gasteiger partial charge in [-0.3, -0.25) is 62.3 Å². The molecule has 1 fully saturated rings. The van der Waals surface area contributed by atoms with Crippen molar-refractivity contribution in [2.24, 2.45) is 41.4 Å². The van der Waals surface area contributed by atoms with Crippen LogP contribution in [0.5, 0.6) is 0 Å². The molecule has 0 spiro atoms. The van der Waals surface area contributed by atoms with Crippen molar-refractivity contribution in [2.45, 2.75) is 243 Å². The van der Waals surface area contributed by atoms with Crippen LogP contribution in [0.15, 0.2) is 12.2 Å². The third kappa shape index (κ3) is 25.2. The van der Waals surface area contributed by atoms with E-state index in [9.17, 15) is 43.2 Å². The van der Waals surface area contributed by atoms with Crippen molar-refractivity contribution in [3.8, 4) is 0 Å². The maximum atomic E-state index is 15.5. The molecule has 4 N–H and O–H groups in total. The van der Waals surface area contributed by atoms with Gasteiger partial charge in [-0.15, -0.1) is 0 Å². The Morgan fingerprint density at radius 3 is 1.40 bits per heavy atom. The Bertz CT molecular complexity index is 2630. The number of ether oxygens (including phenoxy) is 2. The van der Waals surface area contributed by atoms with Crippen LogP contribution in [0.4, 0.5) is 0 Å². The number of carbonyl (C=O) groups excluding carboxylic acids is 13. The lowest BCUT2D eigenvalue weighted by atomic mass is 9.91. The molecular weight excluding hydrogens is 1210 g/mol. The zero-order valence-corrected chi connectivity index (χ0v) is 61.4. The minimum absolute atomic E-state index is 0.0399. The van der Waals surface area contributed by atoms with Gasteiger partial charge in [0.2, 0.25) is 65.0 Å². The van der Waals surface area contributed by atoms with Gasteiger partial charge in [0.25, 0.3) is 0 Å². The molecule has 26 heteroatoms. The normalized spacial score (nSPS) is 25.3. The Labute approximate surface area is 560 Å². The smallest absolute Gasteiger partial charge is 0.306 e. The summed E-state index contributed by atoms with van der Waals surface area (Å²) in [6.45, 7) is 30.3. The number of likely N-dealkylation sites (N-methyl/N-ethyl adjacent to an activating group) is 7. The summed E-state index contributed by atoms with van der Waals surface area (Å²) in [5, 5.41) is 11.0. The second kappa shape index (κ2) is 39.7. The third-order valence-electron chi connectivity index (χ3n) is 17.1. The Morgan fingerprint density at radius 1 is 0.489 bits per heavy atom. The first-order valence-electron chi connectivity index (χ1n) is 33.5. The number of esters is 2. The summed E-state index contributed by atoms with van der Waals surface area (Å²) in [6.07, 6.45) is 3.09. The minimum Gasteiger partial charge on any atom is -0.466 e. The molecule has 0 aliphatic carbocycles. The van der Waals surface area contributed by atoms with E-state index in [1.54, 1.807) is 60.6 Å². The summed E-state index contributed by atoms with van der Waals surface area (Å²) >= 11 is 0. The summed E-state index contributed by atoms with van der Waals surface area (Å²) < 4.78 is 11.0. The average molecular weight is 1330 g/mol. The Kier molecular flexibility index (Phi) is 35.8. The molecule has 0 radical (unpaired) electrons. The molecule has 0 bridgehead atoms. The SMILES string of the molecule is CCOC(=O)CC/C=C/C[C@@H](C)[C@@H](OC(C)=O)C1C(=O)N[C@@H](CC)C(=O)N(C)CC(=O)N(C)C(CC(C)C)C(=O)N[C@@H](C(C)C)C(=O)N(C)[C@@H](CC(C)C)C(=O)N[C@@H](C)C(=O)N[C@H](C)C(=O)N(C)[C@H](CC(C)C)C(=O)N(C)[C@@H](CC(C)C)C(=O)N(C)[C@@H](C(C)C)C(=O)N1C. The lowest BCUT2D eigenvalue weighted by molar-refractivity contribution is -0.164. The zero-order chi connectivity index (χ0) is 72.7. The summed E-state index contributed by atoms with van der Waals surface area (Å²) in [5.41, 5.74) is 0. The van der Waals surface area contributed by atoms with Crippen LogP contribution in [0, 0.1) is 41.4 Å². The van der Waals surface area contributed by atoms with E-state index in [1.807, 2.05) is 55.4 Å². The Morgan fingerprint density at radius 2 is 0.936 bits per heavy atom. The molecule has 0 aromatic rings. The molecule has 12 atom stereocenters. The molecule has 1 aliphatic rings. The van der Waals surface area contributed by atoms with Gasteiger partial charge in [-0.25, -0.2) is 0 Å². The number of rotatable bonds is 20. The van der Waals surface area contributed by atoms with E-state index >= 15 is 19.2 Å². The lowest BCUT2D eigenvalue weighted by Crippen LogP contribution is -2.64. The topological polar surface area (TPSA) is 311 Å². The third-order valence-corrected chi connectivity index (χ3v) is 17.1. The highest BCUT2D eigenvalue weighted by Gasteiger charge is 2.47. The Balaban J connectivity index is 4.48. The van der Waals surface area contributed by atoms with E-state index in [1.165, 1.54) is 87.7 Å². The number of nitrogens with one attached hydrogen (secondary N) is 4. The number of amides is 11. The van der Waals surface area contributed by atoms with Crippen LogP contribution < -0.4 is 21.3 Å². The van der Waals surface area contributed by atoms with Crippen LogP contribution in [0.2, 0.25) is 0 Å². The van der Waals surface area contributed by atoms with Crippen molar-refractivity contribution in [1.82, 2.24) is 55.6 Å². The van der Waals surface area contributed by atoms with Gasteiger partial charge in [0.05, 0.1) is 13.2 Å². The molecule has 1 aliphatic heterocycles. The van der Waals surface area contributed by atoms with Gasteiger partial charge in [0.1, 0.15) is 66.5 Å². The molecular formula is C68H119N11O15. The highest BCUT2D eigenvalue weighted by atomic mass is 16.5. The van der Waals surface area contributed by atoms with E-state index in [4.69, 9.17) is 9.47 Å². The van der Waals surface area contributed by atoms with Crippen LogP contribution in [0.1, 0.15) is 176 Å². The molecule has 2 unspecified atom stereocenters. The summed E-state index contributed by atoms with van der Waals surface area (Å²) in [4.78, 5) is 196. The second-order valence-electron chi connectivity index (χ2n) is 27.9. The monoisotopic (exact) mass is 1330 g/mol. The number of hydrogen-bond acceptors (Lipinski definition) is 15. The minimum atomic E-state index is -1.69. The van der Waals surface area contributed by atoms with Gasteiger partial charge in [-0.05, 0) is 107 Å². The molecule has 94 heavy (non-hydrogen) atoms. The van der Waals surface area contributed by atoms with Crippen molar-refractivity contribution in [1.29, 1.82) is 0 Å². The second-order valence-corrected chi connectivity index (χ2v) is 27.9. The largest absolute Gasteiger partial charge is 0.466 e. The van der Waals surface area contributed by atoms with Gasteiger partial charge < -0.3 is 65.0 Å². The fourth-order valence-electron chi connectivity index (χ4n) is 11.5.